The van der Waals surface area contributed by atoms with Crippen LogP contribution in [0.4, 0.5) is 4.79 Å². The molecule has 3 fully saturated rings. The number of hydrogen-bond donors (Lipinski definition) is 2. The van der Waals surface area contributed by atoms with Gasteiger partial charge in [-0.25, -0.2) is 9.78 Å². The summed E-state index contributed by atoms with van der Waals surface area (Å²) in [4.78, 5) is 37.2. The summed E-state index contributed by atoms with van der Waals surface area (Å²) in [5.41, 5.74) is 5.23. The third-order valence-corrected chi connectivity index (χ3v) is 11.7. The van der Waals surface area contributed by atoms with Gasteiger partial charge in [0.15, 0.2) is 0 Å². The minimum Gasteiger partial charge on any atom is -0.488 e. The van der Waals surface area contributed by atoms with Crippen molar-refractivity contribution in [3.63, 3.8) is 0 Å². The maximum atomic E-state index is 14.2. The largest absolute Gasteiger partial charge is 0.494 e. The highest BCUT2D eigenvalue weighted by Gasteiger charge is 2.52. The van der Waals surface area contributed by atoms with Crippen LogP contribution < -0.4 is 15.5 Å². The number of rotatable bonds is 5. The number of fused-ring (bicyclic) bond motifs is 7. The fraction of sp³-hybridized carbons (Fsp3) is 0.500. The molecule has 4 heterocycles. The monoisotopic (exact) mass is 664 g/mol. The molecule has 0 radical (unpaired) electrons. The lowest BCUT2D eigenvalue weighted by Crippen LogP contribution is -2.53. The van der Waals surface area contributed by atoms with E-state index in [1.165, 1.54) is 7.11 Å². The van der Waals surface area contributed by atoms with Crippen LogP contribution in [0.2, 0.25) is 0 Å². The number of carbonyl (C=O) groups is 2. The maximum Gasteiger partial charge on any atom is 0.494 e. The van der Waals surface area contributed by atoms with Crippen LogP contribution >= 0.6 is 0 Å². The van der Waals surface area contributed by atoms with E-state index in [1.807, 2.05) is 18.7 Å². The molecule has 0 spiro atoms. The lowest BCUT2D eigenvalue weighted by molar-refractivity contribution is -0.137. The number of alkyl carbamates (subject to hydrolysis) is 1. The van der Waals surface area contributed by atoms with Crippen LogP contribution in [-0.2, 0) is 25.4 Å². The second-order valence-electron chi connectivity index (χ2n) is 15.6. The number of hydrogen-bond acceptors (Lipinski definition) is 7. The molecular formula is C38H45BN4O6. The molecule has 1 aliphatic carbocycles. The molecule has 1 aromatic heterocycles. The first kappa shape index (κ1) is 32.1. The number of imidazole rings is 1. The Morgan fingerprint density at radius 3 is 2.55 bits per heavy atom. The first-order valence-corrected chi connectivity index (χ1v) is 17.6. The Morgan fingerprint density at radius 2 is 1.82 bits per heavy atom. The lowest BCUT2D eigenvalue weighted by Gasteiger charge is -2.33. The van der Waals surface area contributed by atoms with E-state index in [-0.39, 0.29) is 23.9 Å². The first-order chi connectivity index (χ1) is 23.3. The Kier molecular flexibility index (Phi) is 7.53. The SMILES string of the molecule is COC(=O)N[C@H](C(=O)N1[C@H](c2nc3c(ccc4cc5c(cc43)OCc3cc(B4OC(C)(C)C(C)(C)O4)ccc3-5)[nH]2)C[C@@H]2CCC[C@@H]21)C(C)C. The van der Waals surface area contributed by atoms with Gasteiger partial charge in [-0.3, -0.25) is 4.79 Å². The quantitative estimate of drug-likeness (QED) is 0.238. The summed E-state index contributed by atoms with van der Waals surface area (Å²) in [5.74, 6) is 1.84. The average molecular weight is 665 g/mol. The summed E-state index contributed by atoms with van der Waals surface area (Å²) in [5, 5.41) is 4.86. The second kappa shape index (κ2) is 11.5. The molecule has 2 saturated heterocycles. The molecule has 0 unspecified atom stereocenters. The molecule has 49 heavy (non-hydrogen) atoms. The van der Waals surface area contributed by atoms with Gasteiger partial charge >= 0.3 is 13.2 Å². The normalized spacial score (nSPS) is 24.1. The Labute approximate surface area is 287 Å². The van der Waals surface area contributed by atoms with E-state index >= 15 is 0 Å². The molecule has 11 heteroatoms. The molecule has 4 aliphatic rings. The molecule has 256 valence electrons. The third-order valence-electron chi connectivity index (χ3n) is 11.7. The predicted molar refractivity (Wildman–Crippen MR) is 189 cm³/mol. The van der Waals surface area contributed by atoms with Gasteiger partial charge in [0.2, 0.25) is 5.91 Å². The Hall–Kier alpha value is -4.09. The summed E-state index contributed by atoms with van der Waals surface area (Å²) in [6.45, 7) is 12.6. The van der Waals surface area contributed by atoms with Gasteiger partial charge in [0.25, 0.3) is 0 Å². The van der Waals surface area contributed by atoms with Crippen molar-refractivity contribution in [3.8, 4) is 16.9 Å². The molecular weight excluding hydrogens is 619 g/mol. The Balaban J connectivity index is 1.13. The number of likely N-dealkylation sites (tertiary alicyclic amines) is 1. The Bertz CT molecular complexity index is 1970. The second-order valence-corrected chi connectivity index (χ2v) is 15.6. The van der Waals surface area contributed by atoms with Crippen LogP contribution in [0.3, 0.4) is 0 Å². The molecule has 2 N–H and O–H groups in total. The number of carbonyl (C=O) groups excluding carboxylic acids is 2. The zero-order valence-corrected chi connectivity index (χ0v) is 29.4. The van der Waals surface area contributed by atoms with Crippen molar-refractivity contribution in [2.45, 2.75) is 103 Å². The maximum absolute atomic E-state index is 14.2. The van der Waals surface area contributed by atoms with Crippen molar-refractivity contribution >= 4 is 46.4 Å². The first-order valence-electron chi connectivity index (χ1n) is 17.6. The molecule has 3 aromatic carbocycles. The molecule has 1 saturated carbocycles. The summed E-state index contributed by atoms with van der Waals surface area (Å²) in [6, 6.07) is 14.1. The Morgan fingerprint density at radius 1 is 1.04 bits per heavy atom. The molecule has 4 atom stereocenters. The highest BCUT2D eigenvalue weighted by atomic mass is 16.7. The van der Waals surface area contributed by atoms with E-state index in [2.05, 4.69) is 80.5 Å². The molecule has 4 aromatic rings. The number of nitrogens with one attached hydrogen (secondary N) is 2. The number of amides is 2. The van der Waals surface area contributed by atoms with Crippen LogP contribution in [-0.4, -0.2) is 64.4 Å². The predicted octanol–water partition coefficient (Wildman–Crippen LogP) is 6.40. The number of nitrogens with zero attached hydrogens (tertiary/aromatic N) is 2. The number of aromatic amines is 1. The molecule has 0 bridgehead atoms. The number of ether oxygens (including phenoxy) is 2. The van der Waals surface area contributed by atoms with E-state index in [1.54, 1.807) is 0 Å². The molecule has 8 rings (SSSR count). The van der Waals surface area contributed by atoms with Crippen LogP contribution in [0.25, 0.3) is 32.9 Å². The number of H-pyrrole nitrogens is 1. The van der Waals surface area contributed by atoms with E-state index < -0.39 is 30.5 Å². The van der Waals surface area contributed by atoms with Crippen LogP contribution in [0.1, 0.15) is 84.7 Å². The van der Waals surface area contributed by atoms with E-state index in [4.69, 9.17) is 23.8 Å². The van der Waals surface area contributed by atoms with Crippen molar-refractivity contribution in [1.29, 1.82) is 0 Å². The van der Waals surface area contributed by atoms with Crippen molar-refractivity contribution in [1.82, 2.24) is 20.2 Å². The van der Waals surface area contributed by atoms with Crippen molar-refractivity contribution < 1.29 is 28.4 Å². The van der Waals surface area contributed by atoms with Crippen molar-refractivity contribution in [3.05, 3.63) is 53.9 Å². The van der Waals surface area contributed by atoms with Crippen molar-refractivity contribution in [2.24, 2.45) is 11.8 Å². The topological polar surface area (TPSA) is 115 Å². The third kappa shape index (κ3) is 5.19. The van der Waals surface area contributed by atoms with Crippen molar-refractivity contribution in [2.75, 3.05) is 7.11 Å². The van der Waals surface area contributed by atoms with E-state index in [9.17, 15) is 9.59 Å². The van der Waals surface area contributed by atoms with Gasteiger partial charge in [-0.05, 0) is 99.0 Å². The molecule has 10 nitrogen and oxygen atoms in total. The summed E-state index contributed by atoms with van der Waals surface area (Å²) >= 11 is 0. The van der Waals surface area contributed by atoms with Gasteiger partial charge in [0, 0.05) is 17.0 Å². The smallest absolute Gasteiger partial charge is 0.488 e. The van der Waals surface area contributed by atoms with E-state index in [0.29, 0.717) is 12.5 Å². The number of aromatic nitrogens is 2. The van der Waals surface area contributed by atoms with Crippen LogP contribution in [0, 0.1) is 11.8 Å². The fourth-order valence-corrected chi connectivity index (χ4v) is 8.32. The van der Waals surface area contributed by atoms with Gasteiger partial charge in [0.1, 0.15) is 24.2 Å². The zero-order chi connectivity index (χ0) is 34.4. The highest BCUT2D eigenvalue weighted by Crippen LogP contribution is 2.48. The molecule has 2 amide bonds. The van der Waals surface area contributed by atoms with Gasteiger partial charge in [-0.2, -0.15) is 0 Å². The number of benzene rings is 3. The lowest BCUT2D eigenvalue weighted by atomic mass is 9.77. The van der Waals surface area contributed by atoms with Gasteiger partial charge in [-0.1, -0.05) is 44.5 Å². The van der Waals surface area contributed by atoms with Crippen LogP contribution in [0.15, 0.2) is 42.5 Å². The summed E-state index contributed by atoms with van der Waals surface area (Å²) < 4.78 is 23.9. The fourth-order valence-electron chi connectivity index (χ4n) is 8.32. The average Bonchev–Trinajstić information content (AvgIpc) is 3.83. The standard InChI is InChI=1S/C38H45BN4O6/c1-20(2)32(42-36(45)46-7)35(44)43-29-10-8-9-22(29)17-30(43)34-40-28-14-11-21-16-27-25-13-12-24(39-48-37(3,4)38(5,6)49-39)15-23(25)19-47-31(27)18-26(21)33(28)41-34/h11-16,18,20,22,29-30,32H,8-10,17,19H2,1-7H3,(H,40,41)(H,42,45)/t22-,29-,30-,32-/m0/s1. The summed E-state index contributed by atoms with van der Waals surface area (Å²) in [7, 11) is 0.892. The number of methoxy groups -OCH3 is 1. The van der Waals surface area contributed by atoms with E-state index in [0.717, 1.165) is 81.2 Å². The van der Waals surface area contributed by atoms with Gasteiger partial charge in [0.05, 0.1) is 35.4 Å². The van der Waals surface area contributed by atoms with Crippen LogP contribution in [0.5, 0.6) is 5.75 Å². The molecule has 3 aliphatic heterocycles. The van der Waals surface area contributed by atoms with Gasteiger partial charge in [-0.15, -0.1) is 0 Å². The summed E-state index contributed by atoms with van der Waals surface area (Å²) in [6.07, 6.45) is 3.40. The zero-order valence-electron chi connectivity index (χ0n) is 29.4. The minimum absolute atomic E-state index is 0.0760. The van der Waals surface area contributed by atoms with Gasteiger partial charge < -0.3 is 34.0 Å². The minimum atomic E-state index is -0.681. The highest BCUT2D eigenvalue weighted by molar-refractivity contribution is 6.62.